The Bertz CT molecular complexity index is 87.3. The van der Waals surface area contributed by atoms with Crippen LogP contribution in [0.5, 0.6) is 0 Å². The fourth-order valence-electron chi connectivity index (χ4n) is 1.67. The van der Waals surface area contributed by atoms with Crippen LogP contribution >= 0.6 is 0 Å². The first-order valence-corrected chi connectivity index (χ1v) is 4.19. The topological polar surface area (TPSA) is 23.5 Å². The van der Waals surface area contributed by atoms with E-state index in [9.17, 15) is 0 Å². The van der Waals surface area contributed by atoms with Crippen LogP contribution in [0.15, 0.2) is 0 Å². The summed E-state index contributed by atoms with van der Waals surface area (Å²) in [7, 11) is 1.72. The molecule has 1 saturated carbocycles. The molecule has 0 aliphatic heterocycles. The molecule has 60 valence electrons. The van der Waals surface area contributed by atoms with E-state index in [1.54, 1.807) is 7.05 Å². The van der Waals surface area contributed by atoms with E-state index >= 15 is 0 Å². The minimum atomic E-state index is 0.838. The van der Waals surface area contributed by atoms with E-state index in [0.717, 1.165) is 12.5 Å². The summed E-state index contributed by atoms with van der Waals surface area (Å²) in [4.78, 5) is 0. The van der Waals surface area contributed by atoms with E-state index in [1.807, 2.05) is 0 Å². The molecule has 1 N–H and O–H groups in total. The van der Waals surface area contributed by atoms with Gasteiger partial charge >= 0.3 is 0 Å². The lowest BCUT2D eigenvalue weighted by Crippen LogP contribution is -2.16. The van der Waals surface area contributed by atoms with Crippen LogP contribution in [0, 0.1) is 5.92 Å². The molecule has 0 aromatic heterocycles. The second kappa shape index (κ2) is 3.94. The van der Waals surface area contributed by atoms with Crippen molar-refractivity contribution in [1.82, 2.24) is 5.06 Å². The third-order valence-corrected chi connectivity index (χ3v) is 2.34. The summed E-state index contributed by atoms with van der Waals surface area (Å²) in [5.74, 6) is 0.898. The molecule has 0 saturated heterocycles. The summed E-state index contributed by atoms with van der Waals surface area (Å²) in [6.07, 6.45) is 6.74. The molecule has 0 aromatic rings. The van der Waals surface area contributed by atoms with Crippen molar-refractivity contribution in [2.75, 3.05) is 13.6 Å². The molecule has 10 heavy (non-hydrogen) atoms. The zero-order chi connectivity index (χ0) is 7.40. The molecular formula is C8H17NO. The van der Waals surface area contributed by atoms with Crippen molar-refractivity contribution < 1.29 is 5.21 Å². The van der Waals surface area contributed by atoms with Gasteiger partial charge in [0.2, 0.25) is 0 Å². The number of hydrogen-bond donors (Lipinski definition) is 1. The van der Waals surface area contributed by atoms with Crippen molar-refractivity contribution in [2.45, 2.75) is 32.1 Å². The lowest BCUT2D eigenvalue weighted by atomic mass is 10.0. The summed E-state index contributed by atoms with van der Waals surface area (Å²) in [5, 5.41) is 10.1. The Labute approximate surface area is 62.8 Å². The smallest absolute Gasteiger partial charge is 0.0237 e. The standard InChI is InChI=1S/C8H17NO/c1-9(10)7-6-8-4-2-3-5-8/h8,10H,2-7H2,1H3. The van der Waals surface area contributed by atoms with Crippen LogP contribution in [0.25, 0.3) is 0 Å². The quantitative estimate of drug-likeness (QED) is 0.610. The summed E-state index contributed by atoms with van der Waals surface area (Å²) in [6.45, 7) is 0.838. The average Bonchev–Trinajstić information content (AvgIpc) is 2.34. The monoisotopic (exact) mass is 143 g/mol. The molecule has 0 radical (unpaired) electrons. The fraction of sp³-hybridized carbons (Fsp3) is 1.00. The maximum atomic E-state index is 8.85. The molecule has 0 unspecified atom stereocenters. The van der Waals surface area contributed by atoms with Crippen molar-refractivity contribution >= 4 is 0 Å². The average molecular weight is 143 g/mol. The van der Waals surface area contributed by atoms with E-state index in [1.165, 1.54) is 37.2 Å². The van der Waals surface area contributed by atoms with Crippen molar-refractivity contribution in [3.63, 3.8) is 0 Å². The maximum absolute atomic E-state index is 8.85. The van der Waals surface area contributed by atoms with Gasteiger partial charge in [-0.25, -0.2) is 0 Å². The number of rotatable bonds is 3. The van der Waals surface area contributed by atoms with Gasteiger partial charge in [-0.2, -0.15) is 5.06 Å². The highest BCUT2D eigenvalue weighted by molar-refractivity contribution is 4.67. The number of hydroxylamine groups is 2. The zero-order valence-electron chi connectivity index (χ0n) is 6.71. The first-order chi connectivity index (χ1) is 4.79. The minimum absolute atomic E-state index is 0.838. The van der Waals surface area contributed by atoms with Gasteiger partial charge in [0.25, 0.3) is 0 Å². The van der Waals surface area contributed by atoms with Crippen molar-refractivity contribution in [2.24, 2.45) is 5.92 Å². The predicted octanol–water partition coefficient (Wildman–Crippen LogP) is 1.89. The Morgan fingerprint density at radius 1 is 1.40 bits per heavy atom. The Morgan fingerprint density at radius 2 is 2.00 bits per heavy atom. The normalized spacial score (nSPS) is 20.7. The van der Waals surface area contributed by atoms with Gasteiger partial charge in [0.15, 0.2) is 0 Å². The molecule has 2 heteroatoms. The van der Waals surface area contributed by atoms with E-state index in [4.69, 9.17) is 5.21 Å². The Balaban J connectivity index is 2.01. The van der Waals surface area contributed by atoms with Gasteiger partial charge in [-0.05, 0) is 12.3 Å². The lowest BCUT2D eigenvalue weighted by molar-refractivity contribution is -0.0679. The Hall–Kier alpha value is -0.0800. The summed E-state index contributed by atoms with van der Waals surface area (Å²) in [5.41, 5.74) is 0. The summed E-state index contributed by atoms with van der Waals surface area (Å²) >= 11 is 0. The van der Waals surface area contributed by atoms with Gasteiger partial charge in [-0.15, -0.1) is 0 Å². The molecule has 0 spiro atoms. The van der Waals surface area contributed by atoms with Crippen LogP contribution in [0.3, 0.4) is 0 Å². The highest BCUT2D eigenvalue weighted by atomic mass is 16.5. The molecule has 1 rings (SSSR count). The highest BCUT2D eigenvalue weighted by Crippen LogP contribution is 2.27. The molecule has 0 amide bonds. The van der Waals surface area contributed by atoms with Crippen LogP contribution in [-0.2, 0) is 0 Å². The number of nitrogens with zero attached hydrogens (tertiary/aromatic N) is 1. The van der Waals surface area contributed by atoms with Crippen LogP contribution in [0.2, 0.25) is 0 Å². The molecule has 2 nitrogen and oxygen atoms in total. The van der Waals surface area contributed by atoms with E-state index in [2.05, 4.69) is 0 Å². The van der Waals surface area contributed by atoms with Crippen LogP contribution < -0.4 is 0 Å². The lowest BCUT2D eigenvalue weighted by Gasteiger charge is -2.11. The SMILES string of the molecule is CN(O)CCC1CCCC1. The Morgan fingerprint density at radius 3 is 2.50 bits per heavy atom. The van der Waals surface area contributed by atoms with Gasteiger partial charge in [0.05, 0.1) is 0 Å². The van der Waals surface area contributed by atoms with Gasteiger partial charge in [0, 0.05) is 13.6 Å². The van der Waals surface area contributed by atoms with Gasteiger partial charge in [0.1, 0.15) is 0 Å². The molecule has 1 fully saturated rings. The fourth-order valence-corrected chi connectivity index (χ4v) is 1.67. The third-order valence-electron chi connectivity index (χ3n) is 2.34. The Kier molecular flexibility index (Phi) is 3.16. The van der Waals surface area contributed by atoms with Crippen molar-refractivity contribution in [3.05, 3.63) is 0 Å². The van der Waals surface area contributed by atoms with Crippen LogP contribution in [0.1, 0.15) is 32.1 Å². The third kappa shape index (κ3) is 2.67. The van der Waals surface area contributed by atoms with Gasteiger partial charge in [-0.1, -0.05) is 25.7 Å². The minimum Gasteiger partial charge on any atom is -0.314 e. The van der Waals surface area contributed by atoms with Crippen LogP contribution in [-0.4, -0.2) is 23.9 Å². The van der Waals surface area contributed by atoms with Crippen molar-refractivity contribution in [3.8, 4) is 0 Å². The summed E-state index contributed by atoms with van der Waals surface area (Å²) < 4.78 is 0. The predicted molar refractivity (Wildman–Crippen MR) is 41.0 cm³/mol. The second-order valence-corrected chi connectivity index (χ2v) is 3.32. The van der Waals surface area contributed by atoms with Gasteiger partial charge < -0.3 is 5.21 Å². The maximum Gasteiger partial charge on any atom is 0.0237 e. The highest BCUT2D eigenvalue weighted by Gasteiger charge is 2.14. The summed E-state index contributed by atoms with van der Waals surface area (Å²) in [6, 6.07) is 0. The molecule has 0 atom stereocenters. The largest absolute Gasteiger partial charge is 0.314 e. The first-order valence-electron chi connectivity index (χ1n) is 4.19. The number of hydrogen-bond acceptors (Lipinski definition) is 2. The molecule has 0 heterocycles. The molecule has 1 aliphatic carbocycles. The first kappa shape index (κ1) is 8.02. The van der Waals surface area contributed by atoms with E-state index < -0.39 is 0 Å². The molecule has 0 aromatic carbocycles. The second-order valence-electron chi connectivity index (χ2n) is 3.32. The molecule has 1 aliphatic rings. The molecule has 0 bridgehead atoms. The molecular weight excluding hydrogens is 126 g/mol. The van der Waals surface area contributed by atoms with E-state index in [0.29, 0.717) is 0 Å². The zero-order valence-corrected chi connectivity index (χ0v) is 6.71. The van der Waals surface area contributed by atoms with E-state index in [-0.39, 0.29) is 0 Å². The van der Waals surface area contributed by atoms with Gasteiger partial charge in [-0.3, -0.25) is 0 Å². The van der Waals surface area contributed by atoms with Crippen LogP contribution in [0.4, 0.5) is 0 Å². The van der Waals surface area contributed by atoms with Crippen molar-refractivity contribution in [1.29, 1.82) is 0 Å².